The van der Waals surface area contributed by atoms with Gasteiger partial charge < -0.3 is 15.4 Å². The molecule has 23 heavy (non-hydrogen) atoms. The van der Waals surface area contributed by atoms with Crippen molar-refractivity contribution in [2.45, 2.75) is 40.5 Å². The molecule has 0 aliphatic rings. The van der Waals surface area contributed by atoms with E-state index in [4.69, 9.17) is 4.74 Å². The second-order valence-corrected chi connectivity index (χ2v) is 9.48. The van der Waals surface area contributed by atoms with E-state index in [1.165, 1.54) is 6.26 Å². The van der Waals surface area contributed by atoms with Crippen molar-refractivity contribution in [2.75, 3.05) is 45.4 Å². The van der Waals surface area contributed by atoms with Crippen LogP contribution in [0.5, 0.6) is 0 Å². The molecule has 0 aliphatic heterocycles. The van der Waals surface area contributed by atoms with E-state index in [2.05, 4.69) is 43.3 Å². The predicted molar refractivity (Wildman–Crippen MR) is 97.7 cm³/mol. The van der Waals surface area contributed by atoms with E-state index in [9.17, 15) is 8.42 Å². The minimum Gasteiger partial charge on any atom is -0.381 e. The van der Waals surface area contributed by atoms with E-state index in [1.807, 2.05) is 0 Å². The van der Waals surface area contributed by atoms with E-state index in [-0.39, 0.29) is 11.2 Å². The van der Waals surface area contributed by atoms with Gasteiger partial charge in [0.25, 0.3) is 0 Å². The Bertz CT molecular complexity index is 445. The van der Waals surface area contributed by atoms with Gasteiger partial charge in [-0.15, -0.1) is 0 Å². The number of hydrogen-bond donors (Lipinski definition) is 2. The zero-order valence-corrected chi connectivity index (χ0v) is 16.4. The first kappa shape index (κ1) is 22.2. The predicted octanol–water partition coefficient (Wildman–Crippen LogP) is 1.68. The Hall–Kier alpha value is -0.820. The molecular formula is C16H35N3O3S. The summed E-state index contributed by atoms with van der Waals surface area (Å²) in [5.74, 6) is 1.51. The van der Waals surface area contributed by atoms with Gasteiger partial charge in [-0.25, -0.2) is 8.42 Å². The Morgan fingerprint density at radius 2 is 1.91 bits per heavy atom. The number of nitrogens with zero attached hydrogens (tertiary/aromatic N) is 1. The molecule has 6 nitrogen and oxygen atoms in total. The average molecular weight is 350 g/mol. The van der Waals surface area contributed by atoms with Crippen LogP contribution in [-0.2, 0) is 14.6 Å². The third-order valence-electron chi connectivity index (χ3n) is 3.32. The van der Waals surface area contributed by atoms with Gasteiger partial charge in [0.05, 0.1) is 5.75 Å². The van der Waals surface area contributed by atoms with Crippen molar-refractivity contribution in [3.63, 3.8) is 0 Å². The highest BCUT2D eigenvalue weighted by Crippen LogP contribution is 2.19. The zero-order chi connectivity index (χ0) is 17.9. The van der Waals surface area contributed by atoms with Crippen LogP contribution in [0.1, 0.15) is 40.5 Å². The highest BCUT2D eigenvalue weighted by molar-refractivity contribution is 7.90. The summed E-state index contributed by atoms with van der Waals surface area (Å²) in [5, 5.41) is 6.50. The molecule has 7 heteroatoms. The van der Waals surface area contributed by atoms with Crippen LogP contribution in [0.25, 0.3) is 0 Å². The molecule has 0 atom stereocenters. The maximum atomic E-state index is 11.3. The van der Waals surface area contributed by atoms with Gasteiger partial charge in [-0.1, -0.05) is 27.7 Å². The lowest BCUT2D eigenvalue weighted by Gasteiger charge is -2.25. The van der Waals surface area contributed by atoms with Crippen molar-refractivity contribution in [3.8, 4) is 0 Å². The van der Waals surface area contributed by atoms with Gasteiger partial charge in [0, 0.05) is 39.6 Å². The Kier molecular flexibility index (Phi) is 10.5. The molecule has 0 saturated carbocycles. The first-order chi connectivity index (χ1) is 10.6. The minimum atomic E-state index is -2.92. The zero-order valence-electron chi connectivity index (χ0n) is 15.6. The largest absolute Gasteiger partial charge is 0.381 e. The van der Waals surface area contributed by atoms with Crippen LogP contribution in [0, 0.1) is 11.3 Å². The molecule has 0 amide bonds. The first-order valence-electron chi connectivity index (χ1n) is 8.26. The number of aliphatic imine (C=N–C) groups is 1. The second kappa shape index (κ2) is 10.9. The van der Waals surface area contributed by atoms with Crippen molar-refractivity contribution in [1.29, 1.82) is 0 Å². The summed E-state index contributed by atoms with van der Waals surface area (Å²) >= 11 is 0. The number of hydrogen-bond acceptors (Lipinski definition) is 4. The molecule has 138 valence electrons. The topological polar surface area (TPSA) is 79.8 Å². The van der Waals surface area contributed by atoms with Crippen LogP contribution in [0.2, 0.25) is 0 Å². The van der Waals surface area contributed by atoms with Crippen molar-refractivity contribution < 1.29 is 13.2 Å². The first-order valence-corrected chi connectivity index (χ1v) is 10.3. The third kappa shape index (κ3) is 14.5. The minimum absolute atomic E-state index is 0.110. The molecule has 0 radical (unpaired) electrons. The summed E-state index contributed by atoms with van der Waals surface area (Å²) in [7, 11) is -1.19. The summed E-state index contributed by atoms with van der Waals surface area (Å²) < 4.78 is 28.1. The SMILES string of the molecule is CN=C(NCCCOCC(C)C)NCC(C)(C)CCS(C)(=O)=O. The number of ether oxygens (including phenoxy) is 1. The van der Waals surface area contributed by atoms with Crippen molar-refractivity contribution in [1.82, 2.24) is 10.6 Å². The van der Waals surface area contributed by atoms with Crippen LogP contribution in [-0.4, -0.2) is 59.7 Å². The van der Waals surface area contributed by atoms with E-state index >= 15 is 0 Å². The van der Waals surface area contributed by atoms with Gasteiger partial charge in [-0.05, 0) is 24.2 Å². The fraction of sp³-hybridized carbons (Fsp3) is 0.938. The molecule has 0 bridgehead atoms. The summed E-state index contributed by atoms with van der Waals surface area (Å²) in [4.78, 5) is 4.18. The molecular weight excluding hydrogens is 314 g/mol. The molecule has 0 rings (SSSR count). The smallest absolute Gasteiger partial charge is 0.190 e. The molecule has 0 heterocycles. The molecule has 0 aromatic rings. The van der Waals surface area contributed by atoms with Crippen molar-refractivity contribution in [2.24, 2.45) is 16.3 Å². The Balaban J connectivity index is 3.97. The Morgan fingerprint density at radius 1 is 1.26 bits per heavy atom. The van der Waals surface area contributed by atoms with E-state index in [0.29, 0.717) is 18.9 Å². The average Bonchev–Trinajstić information content (AvgIpc) is 2.43. The van der Waals surface area contributed by atoms with Crippen LogP contribution in [0.4, 0.5) is 0 Å². The number of rotatable bonds is 11. The van der Waals surface area contributed by atoms with Gasteiger partial charge in [0.15, 0.2) is 5.96 Å². The summed E-state index contributed by atoms with van der Waals surface area (Å²) in [5.41, 5.74) is -0.110. The van der Waals surface area contributed by atoms with Crippen LogP contribution >= 0.6 is 0 Å². The fourth-order valence-electron chi connectivity index (χ4n) is 1.79. The lowest BCUT2D eigenvalue weighted by molar-refractivity contribution is 0.108. The molecule has 2 N–H and O–H groups in total. The standard InChI is InChI=1S/C16H35N3O3S/c1-14(2)12-22-10-7-9-18-15(17-5)19-13-16(3,4)8-11-23(6,20)21/h14H,7-13H2,1-6H3,(H2,17,18,19). The number of guanidine groups is 1. The highest BCUT2D eigenvalue weighted by atomic mass is 32.2. The molecule has 0 fully saturated rings. The summed E-state index contributed by atoms with van der Waals surface area (Å²) in [6.45, 7) is 11.4. The molecule has 0 unspecified atom stereocenters. The van der Waals surface area contributed by atoms with Gasteiger partial charge in [0.2, 0.25) is 0 Å². The lowest BCUT2D eigenvalue weighted by Crippen LogP contribution is -2.42. The van der Waals surface area contributed by atoms with Gasteiger partial charge >= 0.3 is 0 Å². The number of sulfone groups is 1. The molecule has 0 aromatic carbocycles. The van der Waals surface area contributed by atoms with Crippen molar-refractivity contribution >= 4 is 15.8 Å². The maximum Gasteiger partial charge on any atom is 0.190 e. The molecule has 0 saturated heterocycles. The van der Waals surface area contributed by atoms with Gasteiger partial charge in [-0.2, -0.15) is 0 Å². The monoisotopic (exact) mass is 349 g/mol. The van der Waals surface area contributed by atoms with E-state index < -0.39 is 9.84 Å². The lowest BCUT2D eigenvalue weighted by atomic mass is 9.90. The second-order valence-electron chi connectivity index (χ2n) is 7.22. The van der Waals surface area contributed by atoms with Gasteiger partial charge in [-0.3, -0.25) is 4.99 Å². The van der Waals surface area contributed by atoms with Gasteiger partial charge in [0.1, 0.15) is 9.84 Å². The number of nitrogens with one attached hydrogen (secondary N) is 2. The maximum absolute atomic E-state index is 11.3. The summed E-state index contributed by atoms with van der Waals surface area (Å²) in [6.07, 6.45) is 2.82. The van der Waals surface area contributed by atoms with Crippen molar-refractivity contribution in [3.05, 3.63) is 0 Å². The van der Waals surface area contributed by atoms with E-state index in [0.717, 1.165) is 32.1 Å². The van der Waals surface area contributed by atoms with Crippen LogP contribution in [0.3, 0.4) is 0 Å². The van der Waals surface area contributed by atoms with Crippen LogP contribution < -0.4 is 10.6 Å². The van der Waals surface area contributed by atoms with Crippen LogP contribution in [0.15, 0.2) is 4.99 Å². The molecule has 0 aliphatic carbocycles. The Labute approximate surface area is 142 Å². The third-order valence-corrected chi connectivity index (χ3v) is 4.26. The summed E-state index contributed by atoms with van der Waals surface area (Å²) in [6, 6.07) is 0. The Morgan fingerprint density at radius 3 is 2.43 bits per heavy atom. The fourth-order valence-corrected chi connectivity index (χ4v) is 2.72. The highest BCUT2D eigenvalue weighted by Gasteiger charge is 2.20. The normalized spacial score (nSPS) is 13.4. The van der Waals surface area contributed by atoms with E-state index in [1.54, 1.807) is 7.05 Å². The molecule has 0 aromatic heterocycles. The molecule has 0 spiro atoms. The quantitative estimate of drug-likeness (QED) is 0.337.